The SMILES string of the molecule is c1cc2c(c(NCCc3cncs3)c1)OCC2. The van der Waals surface area contributed by atoms with Crippen molar-refractivity contribution in [2.45, 2.75) is 12.8 Å². The molecule has 1 aliphatic heterocycles. The molecule has 0 atom stereocenters. The van der Waals surface area contributed by atoms with E-state index in [1.54, 1.807) is 11.3 Å². The summed E-state index contributed by atoms with van der Waals surface area (Å²) in [7, 11) is 0. The molecule has 0 bridgehead atoms. The lowest BCUT2D eigenvalue weighted by Crippen LogP contribution is -2.05. The fourth-order valence-corrected chi connectivity index (χ4v) is 2.64. The number of nitrogens with zero attached hydrogens (tertiary/aromatic N) is 1. The number of hydrogen-bond acceptors (Lipinski definition) is 4. The molecule has 1 aliphatic rings. The highest BCUT2D eigenvalue weighted by Crippen LogP contribution is 2.33. The van der Waals surface area contributed by atoms with Crippen LogP contribution in [0.3, 0.4) is 0 Å². The van der Waals surface area contributed by atoms with Crippen molar-refractivity contribution in [3.63, 3.8) is 0 Å². The van der Waals surface area contributed by atoms with Crippen LogP contribution in [0.25, 0.3) is 0 Å². The van der Waals surface area contributed by atoms with Gasteiger partial charge in [0.2, 0.25) is 0 Å². The van der Waals surface area contributed by atoms with Crippen molar-refractivity contribution >= 4 is 17.0 Å². The summed E-state index contributed by atoms with van der Waals surface area (Å²) in [6, 6.07) is 6.30. The van der Waals surface area contributed by atoms with Crippen molar-refractivity contribution < 1.29 is 4.74 Å². The summed E-state index contributed by atoms with van der Waals surface area (Å²) in [4.78, 5) is 5.38. The van der Waals surface area contributed by atoms with E-state index in [0.717, 1.165) is 37.4 Å². The molecule has 1 N–H and O–H groups in total. The summed E-state index contributed by atoms with van der Waals surface area (Å²) in [5.74, 6) is 1.04. The smallest absolute Gasteiger partial charge is 0.145 e. The summed E-state index contributed by atoms with van der Waals surface area (Å²) < 4.78 is 5.65. The summed E-state index contributed by atoms with van der Waals surface area (Å²) in [6.07, 6.45) is 3.96. The number of para-hydroxylation sites is 1. The minimum atomic E-state index is 0.808. The Morgan fingerprint density at radius 2 is 2.41 bits per heavy atom. The molecule has 1 aromatic carbocycles. The number of benzene rings is 1. The normalized spacial score (nSPS) is 13.2. The standard InChI is InChI=1S/C13H14N2OS/c1-2-10-5-7-16-13(10)12(3-1)15-6-4-11-8-14-9-17-11/h1-3,8-9,15H,4-7H2. The molecule has 1 aromatic heterocycles. The first-order valence-electron chi connectivity index (χ1n) is 5.79. The highest BCUT2D eigenvalue weighted by molar-refractivity contribution is 7.09. The number of nitrogens with one attached hydrogen (secondary N) is 1. The van der Waals surface area contributed by atoms with Crippen molar-refractivity contribution in [1.29, 1.82) is 0 Å². The Balaban J connectivity index is 1.64. The van der Waals surface area contributed by atoms with Gasteiger partial charge in [-0.25, -0.2) is 0 Å². The molecule has 0 amide bonds. The predicted molar refractivity (Wildman–Crippen MR) is 69.9 cm³/mol. The van der Waals surface area contributed by atoms with Crippen molar-refractivity contribution in [3.05, 3.63) is 40.3 Å². The maximum atomic E-state index is 5.65. The van der Waals surface area contributed by atoms with E-state index in [2.05, 4.69) is 28.5 Å². The van der Waals surface area contributed by atoms with Crippen LogP contribution in [0.4, 0.5) is 5.69 Å². The van der Waals surface area contributed by atoms with E-state index >= 15 is 0 Å². The molecule has 2 aromatic rings. The van der Waals surface area contributed by atoms with Gasteiger partial charge in [-0.05, 0) is 11.6 Å². The Hall–Kier alpha value is -1.55. The van der Waals surface area contributed by atoms with Crippen LogP contribution in [0, 0.1) is 0 Å². The number of aromatic nitrogens is 1. The lowest BCUT2D eigenvalue weighted by molar-refractivity contribution is 0.358. The van der Waals surface area contributed by atoms with Gasteiger partial charge in [-0.1, -0.05) is 12.1 Å². The fourth-order valence-electron chi connectivity index (χ4n) is 2.04. The van der Waals surface area contributed by atoms with Gasteiger partial charge in [0.15, 0.2) is 0 Å². The molecule has 0 aliphatic carbocycles. The molecular formula is C13H14N2OS. The van der Waals surface area contributed by atoms with E-state index in [1.165, 1.54) is 10.4 Å². The van der Waals surface area contributed by atoms with Gasteiger partial charge in [-0.15, -0.1) is 11.3 Å². The molecule has 2 heterocycles. The second-order valence-corrected chi connectivity index (χ2v) is 5.01. The van der Waals surface area contributed by atoms with E-state index in [0.29, 0.717) is 0 Å². The first-order valence-corrected chi connectivity index (χ1v) is 6.67. The Kier molecular flexibility index (Phi) is 2.96. The molecule has 0 saturated carbocycles. The van der Waals surface area contributed by atoms with Crippen LogP contribution in [0.2, 0.25) is 0 Å². The van der Waals surface area contributed by atoms with Gasteiger partial charge in [0.1, 0.15) is 5.75 Å². The number of thiazole rings is 1. The maximum absolute atomic E-state index is 5.65. The number of fused-ring (bicyclic) bond motifs is 1. The van der Waals surface area contributed by atoms with Crippen LogP contribution in [0.15, 0.2) is 29.9 Å². The van der Waals surface area contributed by atoms with E-state index in [9.17, 15) is 0 Å². The Morgan fingerprint density at radius 3 is 3.29 bits per heavy atom. The first kappa shape index (κ1) is 10.6. The van der Waals surface area contributed by atoms with E-state index in [1.807, 2.05) is 11.7 Å². The zero-order valence-corrected chi connectivity index (χ0v) is 10.3. The van der Waals surface area contributed by atoms with Crippen LogP contribution in [0.5, 0.6) is 5.75 Å². The lowest BCUT2D eigenvalue weighted by atomic mass is 10.1. The van der Waals surface area contributed by atoms with Gasteiger partial charge >= 0.3 is 0 Å². The zero-order chi connectivity index (χ0) is 11.5. The third-order valence-electron chi connectivity index (χ3n) is 2.88. The van der Waals surface area contributed by atoms with Crippen molar-refractivity contribution in [1.82, 2.24) is 4.98 Å². The quantitative estimate of drug-likeness (QED) is 0.900. The molecule has 0 saturated heterocycles. The molecule has 0 radical (unpaired) electrons. The summed E-state index contributed by atoms with van der Waals surface area (Å²) in [6.45, 7) is 1.73. The predicted octanol–water partition coefficient (Wildman–Crippen LogP) is 2.73. The topological polar surface area (TPSA) is 34.2 Å². The van der Waals surface area contributed by atoms with Crippen molar-refractivity contribution in [3.8, 4) is 5.75 Å². The molecular weight excluding hydrogens is 232 g/mol. The zero-order valence-electron chi connectivity index (χ0n) is 9.48. The minimum Gasteiger partial charge on any atom is -0.491 e. The third kappa shape index (κ3) is 2.26. The number of rotatable bonds is 4. The van der Waals surface area contributed by atoms with Crippen molar-refractivity contribution in [2.24, 2.45) is 0 Å². The Bertz CT molecular complexity index is 496. The van der Waals surface area contributed by atoms with E-state index in [4.69, 9.17) is 4.74 Å². The molecule has 3 rings (SSSR count). The summed E-state index contributed by atoms with van der Waals surface area (Å²) in [5, 5.41) is 3.44. The van der Waals surface area contributed by atoms with Gasteiger partial charge in [-0.3, -0.25) is 4.98 Å². The molecule has 0 unspecified atom stereocenters. The van der Waals surface area contributed by atoms with E-state index < -0.39 is 0 Å². The molecule has 17 heavy (non-hydrogen) atoms. The Morgan fingerprint density at radius 1 is 1.41 bits per heavy atom. The van der Waals surface area contributed by atoms with Crippen LogP contribution in [-0.2, 0) is 12.8 Å². The van der Waals surface area contributed by atoms with Crippen LogP contribution in [0.1, 0.15) is 10.4 Å². The second kappa shape index (κ2) is 4.75. The van der Waals surface area contributed by atoms with Gasteiger partial charge in [-0.2, -0.15) is 0 Å². The van der Waals surface area contributed by atoms with Crippen LogP contribution in [-0.4, -0.2) is 18.1 Å². The van der Waals surface area contributed by atoms with Gasteiger partial charge in [0.25, 0.3) is 0 Å². The molecule has 3 nitrogen and oxygen atoms in total. The van der Waals surface area contributed by atoms with Crippen LogP contribution >= 0.6 is 11.3 Å². The van der Waals surface area contributed by atoms with Crippen LogP contribution < -0.4 is 10.1 Å². The molecule has 88 valence electrons. The average Bonchev–Trinajstić information content (AvgIpc) is 2.99. The second-order valence-electron chi connectivity index (χ2n) is 4.04. The van der Waals surface area contributed by atoms with Gasteiger partial charge < -0.3 is 10.1 Å². The van der Waals surface area contributed by atoms with Gasteiger partial charge in [0.05, 0.1) is 17.8 Å². The molecule has 0 fully saturated rings. The summed E-state index contributed by atoms with van der Waals surface area (Å²) >= 11 is 1.70. The monoisotopic (exact) mass is 246 g/mol. The fraction of sp³-hybridized carbons (Fsp3) is 0.308. The average molecular weight is 246 g/mol. The number of anilines is 1. The summed E-state index contributed by atoms with van der Waals surface area (Å²) in [5.41, 5.74) is 4.30. The van der Waals surface area contributed by atoms with Crippen molar-refractivity contribution in [2.75, 3.05) is 18.5 Å². The highest BCUT2D eigenvalue weighted by atomic mass is 32.1. The maximum Gasteiger partial charge on any atom is 0.145 e. The highest BCUT2D eigenvalue weighted by Gasteiger charge is 2.15. The largest absolute Gasteiger partial charge is 0.491 e. The number of hydrogen-bond donors (Lipinski definition) is 1. The van der Waals surface area contributed by atoms with E-state index in [-0.39, 0.29) is 0 Å². The first-order chi connectivity index (χ1) is 8.43. The minimum absolute atomic E-state index is 0.808. The molecule has 4 heteroatoms. The third-order valence-corrected chi connectivity index (χ3v) is 3.72. The Labute approximate surface area is 104 Å². The lowest BCUT2D eigenvalue weighted by Gasteiger charge is -2.09. The molecule has 0 spiro atoms. The number of ether oxygens (including phenoxy) is 1. The van der Waals surface area contributed by atoms with Gasteiger partial charge in [0, 0.05) is 30.5 Å².